The van der Waals surface area contributed by atoms with Crippen molar-refractivity contribution in [3.63, 3.8) is 0 Å². The van der Waals surface area contributed by atoms with Gasteiger partial charge < -0.3 is 24.4 Å². The van der Waals surface area contributed by atoms with Crippen LogP contribution in [0.2, 0.25) is 0 Å². The van der Waals surface area contributed by atoms with E-state index in [0.717, 1.165) is 46.8 Å². The minimum absolute atomic E-state index is 0.0149. The summed E-state index contributed by atoms with van der Waals surface area (Å²) in [5.74, 6) is 2.07. The van der Waals surface area contributed by atoms with Crippen molar-refractivity contribution < 1.29 is 24.4 Å². The summed E-state index contributed by atoms with van der Waals surface area (Å²) < 4.78 is 18.7. The molecule has 0 saturated carbocycles. The highest BCUT2D eigenvalue weighted by Crippen LogP contribution is 2.55. The Kier molecular flexibility index (Phi) is 4.19. The molecule has 3 aliphatic rings. The molecule has 29 heavy (non-hydrogen) atoms. The van der Waals surface area contributed by atoms with Crippen LogP contribution < -0.4 is 9.47 Å². The zero-order valence-electron chi connectivity index (χ0n) is 17.1. The molecule has 0 bridgehead atoms. The third-order valence-corrected chi connectivity index (χ3v) is 6.59. The Balaban J connectivity index is 1.66. The molecule has 0 aliphatic carbocycles. The van der Waals surface area contributed by atoms with Gasteiger partial charge >= 0.3 is 0 Å². The fraction of sp³-hybridized carbons (Fsp3) is 0.478. The molecule has 1 fully saturated rings. The SMILES string of the molecule is Cc1cc2c(cc1O)[C@@H](C)[C@H]1Oc3cc(C)c(O)cc3[C@@]1(CN1CCOCC1)O2. The van der Waals surface area contributed by atoms with Gasteiger partial charge in [-0.3, -0.25) is 4.90 Å². The lowest BCUT2D eigenvalue weighted by Gasteiger charge is -2.45. The highest BCUT2D eigenvalue weighted by molar-refractivity contribution is 5.57. The van der Waals surface area contributed by atoms with Gasteiger partial charge in [-0.2, -0.15) is 0 Å². The fourth-order valence-electron chi connectivity index (χ4n) is 4.89. The van der Waals surface area contributed by atoms with Gasteiger partial charge in [0.2, 0.25) is 0 Å². The highest BCUT2D eigenvalue weighted by Gasteiger charge is 2.58. The van der Waals surface area contributed by atoms with Gasteiger partial charge in [0.1, 0.15) is 23.0 Å². The number of ether oxygens (including phenoxy) is 3. The number of aromatic hydroxyl groups is 2. The van der Waals surface area contributed by atoms with Crippen LogP contribution >= 0.6 is 0 Å². The van der Waals surface area contributed by atoms with E-state index in [1.165, 1.54) is 0 Å². The van der Waals surface area contributed by atoms with Crippen LogP contribution in [0.5, 0.6) is 23.0 Å². The van der Waals surface area contributed by atoms with Crippen LogP contribution in [0.15, 0.2) is 24.3 Å². The van der Waals surface area contributed by atoms with Crippen LogP contribution in [0, 0.1) is 13.8 Å². The van der Waals surface area contributed by atoms with Crippen LogP contribution in [-0.2, 0) is 10.3 Å². The van der Waals surface area contributed by atoms with Gasteiger partial charge in [0.25, 0.3) is 0 Å². The molecule has 3 heterocycles. The number of phenolic OH excluding ortho intramolecular Hbond substituents is 2. The zero-order chi connectivity index (χ0) is 20.3. The van der Waals surface area contributed by atoms with E-state index in [-0.39, 0.29) is 23.5 Å². The van der Waals surface area contributed by atoms with Crippen molar-refractivity contribution in [1.29, 1.82) is 0 Å². The van der Waals surface area contributed by atoms with Gasteiger partial charge in [-0.1, -0.05) is 6.92 Å². The number of morpholine rings is 1. The number of aryl methyl sites for hydroxylation is 2. The summed E-state index contributed by atoms with van der Waals surface area (Å²) >= 11 is 0. The second-order valence-corrected chi connectivity index (χ2v) is 8.52. The monoisotopic (exact) mass is 397 g/mol. The van der Waals surface area contributed by atoms with E-state index in [1.54, 1.807) is 12.1 Å². The largest absolute Gasteiger partial charge is 0.508 e. The molecule has 3 atom stereocenters. The van der Waals surface area contributed by atoms with Crippen LogP contribution in [0.1, 0.15) is 35.1 Å². The van der Waals surface area contributed by atoms with Crippen molar-refractivity contribution in [3.05, 3.63) is 46.5 Å². The Morgan fingerprint density at radius 2 is 1.66 bits per heavy atom. The Hall–Kier alpha value is -2.44. The standard InChI is InChI=1S/C23H27NO5/c1-13-8-20-16(10-18(13)25)15(3)22-23(29-20,12-24-4-6-27-7-5-24)17-11-19(26)14(2)9-21(17)28-22/h8-11,15,22,25-26H,4-7,12H2,1-3H3/t15-,22-,23-/m1/s1. The second-order valence-electron chi connectivity index (χ2n) is 8.52. The summed E-state index contributed by atoms with van der Waals surface area (Å²) in [6.07, 6.45) is -0.254. The lowest BCUT2D eigenvalue weighted by atomic mass is 9.77. The Morgan fingerprint density at radius 3 is 2.38 bits per heavy atom. The van der Waals surface area contributed by atoms with Crippen LogP contribution in [0.3, 0.4) is 0 Å². The summed E-state index contributed by atoms with van der Waals surface area (Å²) in [5, 5.41) is 20.7. The maximum absolute atomic E-state index is 10.5. The van der Waals surface area contributed by atoms with E-state index in [0.29, 0.717) is 19.8 Å². The van der Waals surface area contributed by atoms with E-state index in [9.17, 15) is 10.2 Å². The Labute approximate surface area is 170 Å². The summed E-state index contributed by atoms with van der Waals surface area (Å²) in [6, 6.07) is 7.40. The summed E-state index contributed by atoms with van der Waals surface area (Å²) in [4.78, 5) is 2.34. The minimum Gasteiger partial charge on any atom is -0.508 e. The Bertz CT molecular complexity index is 968. The third-order valence-electron chi connectivity index (χ3n) is 6.59. The summed E-state index contributed by atoms with van der Waals surface area (Å²) in [7, 11) is 0. The fourth-order valence-corrected chi connectivity index (χ4v) is 4.89. The maximum Gasteiger partial charge on any atom is 0.187 e. The van der Waals surface area contributed by atoms with Crippen LogP contribution in [0.4, 0.5) is 0 Å². The van der Waals surface area contributed by atoms with Crippen molar-refractivity contribution in [3.8, 4) is 23.0 Å². The number of hydrogen-bond donors (Lipinski definition) is 2. The van der Waals surface area contributed by atoms with Gasteiger partial charge in [-0.15, -0.1) is 0 Å². The number of hydrogen-bond acceptors (Lipinski definition) is 6. The van der Waals surface area contributed by atoms with Crippen LogP contribution in [0.25, 0.3) is 0 Å². The number of fused-ring (bicyclic) bond motifs is 4. The number of nitrogens with zero attached hydrogens (tertiary/aromatic N) is 1. The summed E-state index contributed by atoms with van der Waals surface area (Å²) in [5.41, 5.74) is 2.67. The first-order valence-electron chi connectivity index (χ1n) is 10.2. The molecule has 0 spiro atoms. The summed E-state index contributed by atoms with van der Waals surface area (Å²) in [6.45, 7) is 9.59. The molecule has 0 aromatic heterocycles. The maximum atomic E-state index is 10.5. The third kappa shape index (κ3) is 2.77. The molecule has 5 rings (SSSR count). The van der Waals surface area contributed by atoms with Gasteiger partial charge in [-0.25, -0.2) is 0 Å². The molecular formula is C23H27NO5. The van der Waals surface area contributed by atoms with Gasteiger partial charge in [0.05, 0.1) is 13.2 Å². The quantitative estimate of drug-likeness (QED) is 0.811. The topological polar surface area (TPSA) is 71.4 Å². The molecule has 2 aromatic rings. The molecule has 0 unspecified atom stereocenters. The van der Waals surface area contributed by atoms with Gasteiger partial charge in [-0.05, 0) is 49.2 Å². The number of phenols is 2. The van der Waals surface area contributed by atoms with Crippen molar-refractivity contribution in [2.45, 2.75) is 38.4 Å². The van der Waals surface area contributed by atoms with E-state index in [1.807, 2.05) is 26.0 Å². The smallest absolute Gasteiger partial charge is 0.187 e. The minimum atomic E-state index is -0.728. The molecule has 6 nitrogen and oxygen atoms in total. The first kappa shape index (κ1) is 18.6. The van der Waals surface area contributed by atoms with Crippen molar-refractivity contribution in [2.75, 3.05) is 32.8 Å². The number of rotatable bonds is 2. The molecule has 154 valence electrons. The Morgan fingerprint density at radius 1 is 1.00 bits per heavy atom. The first-order valence-corrected chi connectivity index (χ1v) is 10.2. The molecule has 2 aromatic carbocycles. The van der Waals surface area contributed by atoms with E-state index in [2.05, 4.69) is 11.8 Å². The predicted molar refractivity (Wildman–Crippen MR) is 108 cm³/mol. The van der Waals surface area contributed by atoms with Gasteiger partial charge in [0.15, 0.2) is 11.7 Å². The van der Waals surface area contributed by atoms with E-state index in [4.69, 9.17) is 14.2 Å². The molecule has 6 heteroatoms. The number of benzene rings is 2. The van der Waals surface area contributed by atoms with E-state index >= 15 is 0 Å². The first-order chi connectivity index (χ1) is 13.9. The molecule has 1 saturated heterocycles. The zero-order valence-corrected chi connectivity index (χ0v) is 17.1. The van der Waals surface area contributed by atoms with E-state index < -0.39 is 5.60 Å². The van der Waals surface area contributed by atoms with Crippen molar-refractivity contribution in [2.24, 2.45) is 0 Å². The molecule has 2 N–H and O–H groups in total. The second kappa shape index (κ2) is 6.54. The molecular weight excluding hydrogens is 370 g/mol. The van der Waals surface area contributed by atoms with Crippen molar-refractivity contribution in [1.82, 2.24) is 4.90 Å². The highest BCUT2D eigenvalue weighted by atomic mass is 16.6. The average Bonchev–Trinajstić information content (AvgIpc) is 2.98. The average molecular weight is 397 g/mol. The normalized spacial score (nSPS) is 28.1. The van der Waals surface area contributed by atoms with Crippen LogP contribution in [-0.4, -0.2) is 54.1 Å². The molecule has 0 amide bonds. The lowest BCUT2D eigenvalue weighted by molar-refractivity contribution is -0.0792. The molecule has 3 aliphatic heterocycles. The molecule has 0 radical (unpaired) electrons. The predicted octanol–water partition coefficient (Wildman–Crippen LogP) is 3.20. The van der Waals surface area contributed by atoms with Crippen molar-refractivity contribution >= 4 is 0 Å². The van der Waals surface area contributed by atoms with Gasteiger partial charge in [0, 0.05) is 36.7 Å². The lowest BCUT2D eigenvalue weighted by Crippen LogP contribution is -2.57.